The molecule has 13 heteroatoms. The van der Waals surface area contributed by atoms with Crippen molar-refractivity contribution in [1.82, 2.24) is 9.97 Å². The summed E-state index contributed by atoms with van der Waals surface area (Å²) in [7, 11) is 0. The van der Waals surface area contributed by atoms with Gasteiger partial charge in [0.2, 0.25) is 5.82 Å². The minimum atomic E-state index is -4.52. The van der Waals surface area contributed by atoms with Crippen molar-refractivity contribution in [3.63, 3.8) is 0 Å². The fourth-order valence-corrected chi connectivity index (χ4v) is 3.12. The number of rotatable bonds is 6. The minimum Gasteiger partial charge on any atom is -0.435 e. The molecule has 0 radical (unpaired) electrons. The van der Waals surface area contributed by atoms with Crippen LogP contribution < -0.4 is 9.64 Å². The van der Waals surface area contributed by atoms with Gasteiger partial charge >= 0.3 is 23.9 Å². The lowest BCUT2D eigenvalue weighted by Gasteiger charge is -2.31. The standard InChI is InChI=1S/C19H19F3N4O6/c1-2-30-18(27)32-14-7-9-25(10-8-14)16-15(26(28)29)17(24-11-23-16)31-13-5-3-12(4-6-13)19(20,21)22/h3-6,11,14H,2,7-10H2,1H3. The molecule has 1 aromatic carbocycles. The van der Waals surface area contributed by atoms with Gasteiger partial charge in [0.15, 0.2) is 0 Å². The maximum Gasteiger partial charge on any atom is 0.508 e. The summed E-state index contributed by atoms with van der Waals surface area (Å²) in [6.07, 6.45) is -3.82. The Morgan fingerprint density at radius 1 is 1.22 bits per heavy atom. The third kappa shape index (κ3) is 5.53. The predicted molar refractivity (Wildman–Crippen MR) is 104 cm³/mol. The molecule has 0 saturated carbocycles. The molecule has 172 valence electrons. The topological polar surface area (TPSA) is 117 Å². The summed E-state index contributed by atoms with van der Waals surface area (Å²) in [6, 6.07) is 3.70. The third-order valence-electron chi connectivity index (χ3n) is 4.61. The Labute approximate surface area is 180 Å². The van der Waals surface area contributed by atoms with Gasteiger partial charge in [0.1, 0.15) is 18.2 Å². The highest BCUT2D eigenvalue weighted by Gasteiger charge is 2.33. The van der Waals surface area contributed by atoms with Crippen molar-refractivity contribution in [1.29, 1.82) is 0 Å². The lowest BCUT2D eigenvalue weighted by molar-refractivity contribution is -0.385. The number of nitrogens with zero attached hydrogens (tertiary/aromatic N) is 4. The van der Waals surface area contributed by atoms with Crippen molar-refractivity contribution in [2.24, 2.45) is 0 Å². The van der Waals surface area contributed by atoms with E-state index < -0.39 is 40.5 Å². The Balaban J connectivity index is 1.76. The highest BCUT2D eigenvalue weighted by molar-refractivity contribution is 5.64. The first-order valence-corrected chi connectivity index (χ1v) is 9.62. The number of nitro groups is 1. The van der Waals surface area contributed by atoms with Gasteiger partial charge in [-0.25, -0.2) is 9.78 Å². The second kappa shape index (κ2) is 9.66. The van der Waals surface area contributed by atoms with Gasteiger partial charge in [0, 0.05) is 25.9 Å². The van der Waals surface area contributed by atoms with E-state index in [0.29, 0.717) is 25.9 Å². The fourth-order valence-electron chi connectivity index (χ4n) is 3.12. The molecule has 1 fully saturated rings. The summed E-state index contributed by atoms with van der Waals surface area (Å²) in [5.41, 5.74) is -1.40. The van der Waals surface area contributed by atoms with Crippen LogP contribution in [0.5, 0.6) is 11.6 Å². The van der Waals surface area contributed by atoms with Crippen molar-refractivity contribution in [3.8, 4) is 11.6 Å². The van der Waals surface area contributed by atoms with Crippen LogP contribution in [0.25, 0.3) is 0 Å². The lowest BCUT2D eigenvalue weighted by Crippen LogP contribution is -2.38. The Bertz CT molecular complexity index is 963. The van der Waals surface area contributed by atoms with Gasteiger partial charge in [0.25, 0.3) is 0 Å². The molecular formula is C19H19F3N4O6. The molecule has 0 spiro atoms. The number of hydrogen-bond acceptors (Lipinski definition) is 9. The van der Waals surface area contributed by atoms with E-state index in [-0.39, 0.29) is 18.2 Å². The molecule has 1 aliphatic rings. The number of aromatic nitrogens is 2. The van der Waals surface area contributed by atoms with E-state index in [1.54, 1.807) is 11.8 Å². The smallest absolute Gasteiger partial charge is 0.435 e. The molecule has 0 unspecified atom stereocenters. The van der Waals surface area contributed by atoms with E-state index in [1.807, 2.05) is 0 Å². The molecule has 0 atom stereocenters. The first kappa shape index (κ1) is 23.0. The van der Waals surface area contributed by atoms with Crippen molar-refractivity contribution in [3.05, 3.63) is 46.3 Å². The van der Waals surface area contributed by atoms with Crippen LogP contribution in [0.1, 0.15) is 25.3 Å². The zero-order chi connectivity index (χ0) is 23.3. The van der Waals surface area contributed by atoms with E-state index in [4.69, 9.17) is 14.2 Å². The third-order valence-corrected chi connectivity index (χ3v) is 4.61. The number of anilines is 1. The zero-order valence-electron chi connectivity index (χ0n) is 16.9. The van der Waals surface area contributed by atoms with Crippen LogP contribution in [0.4, 0.5) is 29.5 Å². The summed E-state index contributed by atoms with van der Waals surface area (Å²) in [5.74, 6) is -0.446. The molecule has 0 aliphatic carbocycles. The monoisotopic (exact) mass is 456 g/mol. The second-order valence-electron chi connectivity index (χ2n) is 6.72. The lowest BCUT2D eigenvalue weighted by atomic mass is 10.1. The number of carbonyl (C=O) groups is 1. The first-order chi connectivity index (χ1) is 15.2. The second-order valence-corrected chi connectivity index (χ2v) is 6.72. The largest absolute Gasteiger partial charge is 0.508 e. The van der Waals surface area contributed by atoms with E-state index in [9.17, 15) is 28.1 Å². The number of halogens is 3. The molecule has 10 nitrogen and oxygen atoms in total. The van der Waals surface area contributed by atoms with Crippen LogP contribution in [0, 0.1) is 10.1 Å². The van der Waals surface area contributed by atoms with Gasteiger partial charge in [0.05, 0.1) is 17.1 Å². The number of hydrogen-bond donors (Lipinski definition) is 0. The van der Waals surface area contributed by atoms with Crippen LogP contribution >= 0.6 is 0 Å². The highest BCUT2D eigenvalue weighted by Crippen LogP contribution is 2.38. The number of carbonyl (C=O) groups excluding carboxylic acids is 1. The van der Waals surface area contributed by atoms with Crippen molar-refractivity contribution >= 4 is 17.7 Å². The summed E-state index contributed by atoms with van der Waals surface area (Å²) in [4.78, 5) is 31.9. The zero-order valence-corrected chi connectivity index (χ0v) is 16.9. The van der Waals surface area contributed by atoms with Crippen LogP contribution in [-0.4, -0.2) is 46.8 Å². The summed E-state index contributed by atoms with van der Waals surface area (Å²) in [6.45, 7) is 2.46. The Kier molecular flexibility index (Phi) is 6.95. The van der Waals surface area contributed by atoms with Crippen LogP contribution in [-0.2, 0) is 15.7 Å². The van der Waals surface area contributed by atoms with E-state index in [0.717, 1.165) is 30.6 Å². The van der Waals surface area contributed by atoms with Crippen molar-refractivity contribution in [2.45, 2.75) is 32.0 Å². The first-order valence-electron chi connectivity index (χ1n) is 9.62. The van der Waals surface area contributed by atoms with Crippen LogP contribution in [0.15, 0.2) is 30.6 Å². The minimum absolute atomic E-state index is 0.00139. The molecule has 3 rings (SSSR count). The summed E-state index contributed by atoms with van der Waals surface area (Å²) >= 11 is 0. The molecule has 0 bridgehead atoms. The van der Waals surface area contributed by atoms with Crippen molar-refractivity contribution in [2.75, 3.05) is 24.6 Å². The number of benzene rings is 1. The van der Waals surface area contributed by atoms with Gasteiger partial charge in [-0.15, -0.1) is 0 Å². The van der Waals surface area contributed by atoms with Gasteiger partial charge < -0.3 is 19.1 Å². The highest BCUT2D eigenvalue weighted by atomic mass is 19.4. The van der Waals surface area contributed by atoms with Gasteiger partial charge in [-0.1, -0.05) is 0 Å². The maximum absolute atomic E-state index is 12.7. The number of ether oxygens (including phenoxy) is 3. The molecule has 32 heavy (non-hydrogen) atoms. The Morgan fingerprint density at radius 2 is 1.88 bits per heavy atom. The van der Waals surface area contributed by atoms with E-state index in [1.165, 1.54) is 0 Å². The molecule has 0 N–H and O–H groups in total. The fraction of sp³-hybridized carbons (Fsp3) is 0.421. The van der Waals surface area contributed by atoms with E-state index >= 15 is 0 Å². The number of alkyl halides is 3. The average molecular weight is 456 g/mol. The van der Waals surface area contributed by atoms with Gasteiger partial charge in [-0.2, -0.15) is 18.2 Å². The maximum atomic E-state index is 12.7. The molecule has 2 aromatic rings. The molecule has 1 saturated heterocycles. The van der Waals surface area contributed by atoms with Crippen molar-refractivity contribution < 1.29 is 37.1 Å². The SMILES string of the molecule is CCOC(=O)OC1CCN(c2ncnc(Oc3ccc(C(F)(F)F)cc3)c2[N+](=O)[O-])CC1. The Morgan fingerprint density at radius 3 is 2.44 bits per heavy atom. The Hall–Kier alpha value is -3.64. The quantitative estimate of drug-likeness (QED) is 0.355. The van der Waals surface area contributed by atoms with E-state index in [2.05, 4.69) is 9.97 Å². The molecule has 1 aromatic heterocycles. The van der Waals surface area contributed by atoms with Gasteiger partial charge in [-0.05, 0) is 31.2 Å². The van der Waals surface area contributed by atoms with Gasteiger partial charge in [-0.3, -0.25) is 10.1 Å². The van der Waals surface area contributed by atoms with Crippen LogP contribution in [0.2, 0.25) is 0 Å². The molecule has 0 amide bonds. The summed E-state index contributed by atoms with van der Waals surface area (Å²) in [5, 5.41) is 11.7. The van der Waals surface area contributed by atoms with Crippen LogP contribution in [0.3, 0.4) is 0 Å². The summed E-state index contributed by atoms with van der Waals surface area (Å²) < 4.78 is 53.5. The predicted octanol–water partition coefficient (Wildman–Crippen LogP) is 4.34. The normalized spacial score (nSPS) is 14.7. The number of piperidine rings is 1. The molecule has 1 aliphatic heterocycles. The average Bonchev–Trinajstić information content (AvgIpc) is 2.74. The molecule has 2 heterocycles. The molecular weight excluding hydrogens is 437 g/mol.